The maximum atomic E-state index is 12.2. The van der Waals surface area contributed by atoms with Crippen molar-refractivity contribution in [3.63, 3.8) is 0 Å². The molecule has 0 aromatic heterocycles. The molecule has 0 fully saturated rings. The maximum absolute atomic E-state index is 12.2. The number of hydrogen-bond acceptors (Lipinski definition) is 1. The van der Waals surface area contributed by atoms with Gasteiger partial charge in [-0.2, -0.15) is 0 Å². The van der Waals surface area contributed by atoms with Crippen molar-refractivity contribution < 1.29 is 4.79 Å². The van der Waals surface area contributed by atoms with Gasteiger partial charge in [-0.3, -0.25) is 0 Å². The molecule has 0 saturated heterocycles. The van der Waals surface area contributed by atoms with Crippen LogP contribution in [0.2, 0.25) is 0 Å². The van der Waals surface area contributed by atoms with Crippen LogP contribution in [-0.4, -0.2) is 24.5 Å². The fraction of sp³-hybridized carbons (Fsp3) is 0.167. The van der Waals surface area contributed by atoms with Crippen LogP contribution in [0.3, 0.4) is 0 Å². The van der Waals surface area contributed by atoms with Crippen molar-refractivity contribution in [2.45, 2.75) is 6.04 Å². The first kappa shape index (κ1) is 13.4. The second-order valence-corrected chi connectivity index (χ2v) is 5.10. The molecule has 1 aliphatic heterocycles. The summed E-state index contributed by atoms with van der Waals surface area (Å²) in [5.74, 6) is 0. The summed E-state index contributed by atoms with van der Waals surface area (Å²) in [6.07, 6.45) is 2.18. The van der Waals surface area contributed by atoms with Crippen molar-refractivity contribution in [1.82, 2.24) is 10.2 Å². The van der Waals surface area contributed by atoms with Gasteiger partial charge in [-0.25, -0.2) is 4.79 Å². The minimum Gasteiger partial charge on any atom is -0.341 e. The molecule has 106 valence electrons. The van der Waals surface area contributed by atoms with E-state index in [0.717, 1.165) is 5.56 Å². The van der Waals surface area contributed by atoms with E-state index in [4.69, 9.17) is 0 Å². The molecular formula is C18H18N2O. The normalized spacial score (nSPS) is 17.5. The number of nitrogens with zero attached hydrogens (tertiary/aromatic N) is 1. The Morgan fingerprint density at radius 1 is 1.05 bits per heavy atom. The summed E-state index contributed by atoms with van der Waals surface area (Å²) < 4.78 is 0. The van der Waals surface area contributed by atoms with E-state index in [2.05, 4.69) is 35.7 Å². The zero-order chi connectivity index (χ0) is 14.7. The Bertz CT molecular complexity index is 649. The van der Waals surface area contributed by atoms with Gasteiger partial charge in [0.1, 0.15) is 0 Å². The van der Waals surface area contributed by atoms with Crippen LogP contribution in [0, 0.1) is 0 Å². The second-order valence-electron chi connectivity index (χ2n) is 5.10. The lowest BCUT2D eigenvalue weighted by atomic mass is 10.0. The molecular weight excluding hydrogens is 260 g/mol. The molecule has 2 amide bonds. The molecule has 2 aromatic carbocycles. The van der Waals surface area contributed by atoms with Crippen LogP contribution in [0.25, 0.3) is 5.57 Å². The van der Waals surface area contributed by atoms with Crippen molar-refractivity contribution in [3.05, 3.63) is 77.9 Å². The summed E-state index contributed by atoms with van der Waals surface area (Å²) in [4.78, 5) is 14.0. The lowest BCUT2D eigenvalue weighted by Gasteiger charge is -2.24. The van der Waals surface area contributed by atoms with Crippen LogP contribution < -0.4 is 5.32 Å². The Kier molecular flexibility index (Phi) is 3.73. The van der Waals surface area contributed by atoms with Gasteiger partial charge in [0, 0.05) is 13.6 Å². The van der Waals surface area contributed by atoms with Crippen LogP contribution in [0.5, 0.6) is 0 Å². The predicted molar refractivity (Wildman–Crippen MR) is 84.8 cm³/mol. The zero-order valence-electron chi connectivity index (χ0n) is 12.0. The SMILES string of the molecule is CNC(=O)N1CC(c2ccccc2)=CC1c1ccccc1. The van der Waals surface area contributed by atoms with E-state index in [-0.39, 0.29) is 12.1 Å². The van der Waals surface area contributed by atoms with E-state index >= 15 is 0 Å². The molecule has 0 bridgehead atoms. The lowest BCUT2D eigenvalue weighted by Crippen LogP contribution is -2.38. The third kappa shape index (κ3) is 2.68. The van der Waals surface area contributed by atoms with Crippen molar-refractivity contribution >= 4 is 11.6 Å². The lowest BCUT2D eigenvalue weighted by molar-refractivity contribution is 0.200. The Morgan fingerprint density at radius 3 is 2.29 bits per heavy atom. The number of rotatable bonds is 2. The Hall–Kier alpha value is -2.55. The van der Waals surface area contributed by atoms with Gasteiger partial charge in [0.25, 0.3) is 0 Å². The molecule has 3 heteroatoms. The van der Waals surface area contributed by atoms with E-state index in [1.807, 2.05) is 41.3 Å². The van der Waals surface area contributed by atoms with E-state index in [0.29, 0.717) is 6.54 Å². The highest BCUT2D eigenvalue weighted by Crippen LogP contribution is 2.34. The molecule has 1 aliphatic rings. The van der Waals surface area contributed by atoms with Gasteiger partial charge in [-0.15, -0.1) is 0 Å². The minimum absolute atomic E-state index is 0.0126. The number of nitrogens with one attached hydrogen (secondary N) is 1. The molecule has 1 heterocycles. The smallest absolute Gasteiger partial charge is 0.318 e. The van der Waals surface area contributed by atoms with E-state index in [1.165, 1.54) is 11.1 Å². The highest BCUT2D eigenvalue weighted by Gasteiger charge is 2.29. The van der Waals surface area contributed by atoms with Gasteiger partial charge in [0.05, 0.1) is 6.04 Å². The molecule has 0 aliphatic carbocycles. The zero-order valence-corrected chi connectivity index (χ0v) is 12.0. The van der Waals surface area contributed by atoms with Crippen molar-refractivity contribution in [3.8, 4) is 0 Å². The van der Waals surface area contributed by atoms with Crippen LogP contribution in [0.1, 0.15) is 17.2 Å². The standard InChI is InChI=1S/C18H18N2O/c1-19-18(21)20-13-16(14-8-4-2-5-9-14)12-17(20)15-10-6-3-7-11-15/h2-12,17H,13H2,1H3,(H,19,21). The molecule has 0 spiro atoms. The summed E-state index contributed by atoms with van der Waals surface area (Å²) in [6.45, 7) is 0.628. The van der Waals surface area contributed by atoms with Gasteiger partial charge in [-0.1, -0.05) is 66.7 Å². The van der Waals surface area contributed by atoms with Crippen molar-refractivity contribution in [1.29, 1.82) is 0 Å². The van der Waals surface area contributed by atoms with E-state index in [9.17, 15) is 4.79 Å². The maximum Gasteiger partial charge on any atom is 0.318 e. The van der Waals surface area contributed by atoms with Gasteiger partial charge in [-0.05, 0) is 16.7 Å². The number of urea groups is 1. The molecule has 3 nitrogen and oxygen atoms in total. The van der Waals surface area contributed by atoms with Crippen molar-refractivity contribution in [2.24, 2.45) is 0 Å². The second kappa shape index (κ2) is 5.83. The summed E-state index contributed by atoms with van der Waals surface area (Å²) in [6, 6.07) is 20.3. The molecule has 21 heavy (non-hydrogen) atoms. The van der Waals surface area contributed by atoms with Gasteiger partial charge in [0.15, 0.2) is 0 Å². The Morgan fingerprint density at radius 2 is 1.67 bits per heavy atom. The van der Waals surface area contributed by atoms with E-state index in [1.54, 1.807) is 7.05 Å². The average Bonchev–Trinajstić information content (AvgIpc) is 3.01. The minimum atomic E-state index is -0.0500. The van der Waals surface area contributed by atoms with Gasteiger partial charge in [0.2, 0.25) is 0 Å². The third-order valence-corrected chi connectivity index (χ3v) is 3.80. The van der Waals surface area contributed by atoms with Crippen LogP contribution >= 0.6 is 0 Å². The number of amides is 2. The number of carbonyl (C=O) groups is 1. The first-order chi connectivity index (χ1) is 10.3. The largest absolute Gasteiger partial charge is 0.341 e. The topological polar surface area (TPSA) is 32.3 Å². The van der Waals surface area contributed by atoms with Gasteiger partial charge < -0.3 is 10.2 Å². The quantitative estimate of drug-likeness (QED) is 0.896. The number of benzene rings is 2. The Balaban J connectivity index is 1.97. The Labute approximate surface area is 124 Å². The van der Waals surface area contributed by atoms with Crippen LogP contribution in [0.15, 0.2) is 66.7 Å². The predicted octanol–water partition coefficient (Wildman–Crippen LogP) is 3.47. The summed E-state index contributed by atoms with van der Waals surface area (Å²) in [5.41, 5.74) is 3.49. The van der Waals surface area contributed by atoms with Gasteiger partial charge >= 0.3 is 6.03 Å². The highest BCUT2D eigenvalue weighted by molar-refractivity contribution is 5.81. The average molecular weight is 278 g/mol. The van der Waals surface area contributed by atoms with Crippen LogP contribution in [-0.2, 0) is 0 Å². The first-order valence-corrected chi connectivity index (χ1v) is 7.09. The highest BCUT2D eigenvalue weighted by atomic mass is 16.2. The first-order valence-electron chi connectivity index (χ1n) is 7.09. The molecule has 1 atom stereocenters. The molecule has 1 unspecified atom stereocenters. The third-order valence-electron chi connectivity index (χ3n) is 3.80. The molecule has 3 rings (SSSR count). The fourth-order valence-electron chi connectivity index (χ4n) is 2.72. The number of hydrogen-bond donors (Lipinski definition) is 1. The summed E-state index contributed by atoms with van der Waals surface area (Å²) in [5, 5.41) is 2.73. The van der Waals surface area contributed by atoms with Crippen LogP contribution in [0.4, 0.5) is 4.79 Å². The molecule has 2 aromatic rings. The fourth-order valence-corrected chi connectivity index (χ4v) is 2.72. The summed E-state index contributed by atoms with van der Waals surface area (Å²) in [7, 11) is 1.67. The molecule has 0 radical (unpaired) electrons. The van der Waals surface area contributed by atoms with Crippen molar-refractivity contribution in [2.75, 3.05) is 13.6 Å². The summed E-state index contributed by atoms with van der Waals surface area (Å²) >= 11 is 0. The number of carbonyl (C=O) groups excluding carboxylic acids is 1. The monoisotopic (exact) mass is 278 g/mol. The molecule has 1 N–H and O–H groups in total. The molecule has 0 saturated carbocycles. The van der Waals surface area contributed by atoms with E-state index < -0.39 is 0 Å².